The summed E-state index contributed by atoms with van der Waals surface area (Å²) in [4.78, 5) is 19.1. The summed E-state index contributed by atoms with van der Waals surface area (Å²) in [6.45, 7) is 2.84. The maximum Gasteiger partial charge on any atom is 0.332 e. The standard InChI is InChI=1S/C27H25ClFN5O2/c1-32-10-11-34(26(32)36)23-3-2-17(12-22(23)28)20-14-19(29)15-21(25(20)35)18-4-7-30-24(13-18)33-9-6-27(16-33)5-8-31-27/h2-4,7,10-15,31,35H,5-6,8-9,16H2,1H3. The molecule has 1 spiro atoms. The van der Waals surface area contributed by atoms with Crippen molar-refractivity contribution in [2.45, 2.75) is 18.4 Å². The molecule has 2 aromatic heterocycles. The Labute approximate surface area is 212 Å². The minimum absolute atomic E-state index is 0.0483. The molecule has 2 fully saturated rings. The minimum atomic E-state index is -0.477. The van der Waals surface area contributed by atoms with Gasteiger partial charge in [0.1, 0.15) is 17.4 Å². The van der Waals surface area contributed by atoms with Crippen LogP contribution in [0.4, 0.5) is 10.2 Å². The Bertz CT molecular complexity index is 1540. The molecular weight excluding hydrogens is 481 g/mol. The zero-order valence-electron chi connectivity index (χ0n) is 19.7. The van der Waals surface area contributed by atoms with Crippen LogP contribution in [0.1, 0.15) is 12.8 Å². The van der Waals surface area contributed by atoms with E-state index in [0.29, 0.717) is 33.0 Å². The van der Waals surface area contributed by atoms with Crippen molar-refractivity contribution in [1.82, 2.24) is 19.4 Å². The van der Waals surface area contributed by atoms with Gasteiger partial charge in [-0.25, -0.2) is 14.2 Å². The number of phenols is 1. The number of pyridine rings is 1. The number of benzene rings is 2. The van der Waals surface area contributed by atoms with Crippen molar-refractivity contribution in [1.29, 1.82) is 0 Å². The van der Waals surface area contributed by atoms with Gasteiger partial charge in [-0.3, -0.25) is 4.57 Å². The maximum absolute atomic E-state index is 14.8. The first-order valence-corrected chi connectivity index (χ1v) is 12.2. The monoisotopic (exact) mass is 505 g/mol. The third-order valence-electron chi connectivity index (χ3n) is 7.38. The fourth-order valence-corrected chi connectivity index (χ4v) is 5.48. The fourth-order valence-electron chi connectivity index (χ4n) is 5.21. The Morgan fingerprint density at radius 1 is 1.08 bits per heavy atom. The normalized spacial score (nSPS) is 19.1. The van der Waals surface area contributed by atoms with Crippen molar-refractivity contribution in [3.05, 3.63) is 82.4 Å². The second-order valence-corrected chi connectivity index (χ2v) is 10.0. The first-order valence-electron chi connectivity index (χ1n) is 11.9. The molecule has 36 heavy (non-hydrogen) atoms. The molecule has 2 saturated heterocycles. The smallest absolute Gasteiger partial charge is 0.332 e. The zero-order chi connectivity index (χ0) is 25.0. The van der Waals surface area contributed by atoms with Crippen LogP contribution < -0.4 is 15.9 Å². The summed E-state index contributed by atoms with van der Waals surface area (Å²) in [5.41, 5.74) is 2.37. The van der Waals surface area contributed by atoms with Gasteiger partial charge in [0.05, 0.1) is 10.7 Å². The van der Waals surface area contributed by atoms with Crippen LogP contribution in [0.5, 0.6) is 5.75 Å². The largest absolute Gasteiger partial charge is 0.507 e. The molecule has 0 bridgehead atoms. The molecule has 0 saturated carbocycles. The molecule has 4 aromatic rings. The molecule has 6 rings (SSSR count). The van der Waals surface area contributed by atoms with E-state index >= 15 is 0 Å². The predicted octanol–water partition coefficient (Wildman–Crippen LogP) is 4.35. The van der Waals surface area contributed by atoms with Crippen LogP contribution in [-0.4, -0.2) is 44.4 Å². The summed E-state index contributed by atoms with van der Waals surface area (Å²) < 4.78 is 17.7. The van der Waals surface area contributed by atoms with Gasteiger partial charge in [-0.2, -0.15) is 0 Å². The lowest BCUT2D eigenvalue weighted by Gasteiger charge is -2.39. The summed E-state index contributed by atoms with van der Waals surface area (Å²) in [5, 5.41) is 15.1. The van der Waals surface area contributed by atoms with Gasteiger partial charge in [-0.05, 0) is 66.9 Å². The van der Waals surface area contributed by atoms with E-state index in [1.54, 1.807) is 49.9 Å². The minimum Gasteiger partial charge on any atom is -0.507 e. The molecule has 2 N–H and O–H groups in total. The number of aromatic nitrogens is 3. The first-order chi connectivity index (χ1) is 17.3. The van der Waals surface area contributed by atoms with Gasteiger partial charge in [0.15, 0.2) is 0 Å². The molecule has 1 unspecified atom stereocenters. The third kappa shape index (κ3) is 3.77. The highest BCUT2D eigenvalue weighted by molar-refractivity contribution is 6.32. The van der Waals surface area contributed by atoms with Gasteiger partial charge in [-0.1, -0.05) is 17.7 Å². The summed E-state index contributed by atoms with van der Waals surface area (Å²) in [7, 11) is 1.66. The van der Waals surface area contributed by atoms with Crippen LogP contribution in [0, 0.1) is 5.82 Å². The maximum atomic E-state index is 14.8. The highest BCUT2D eigenvalue weighted by Gasteiger charge is 2.42. The van der Waals surface area contributed by atoms with Crippen LogP contribution in [0.3, 0.4) is 0 Å². The SMILES string of the molecule is Cn1ccn(-c2ccc(-c3cc(F)cc(-c4ccnc(N5CCC6(CCN6)C5)c4)c3O)cc2Cl)c1=O. The van der Waals surface area contributed by atoms with E-state index in [1.807, 2.05) is 6.07 Å². The van der Waals surface area contributed by atoms with Crippen molar-refractivity contribution in [3.8, 4) is 33.7 Å². The number of anilines is 1. The molecule has 7 nitrogen and oxygen atoms in total. The second-order valence-electron chi connectivity index (χ2n) is 9.61. The molecule has 2 aliphatic rings. The van der Waals surface area contributed by atoms with Crippen molar-refractivity contribution in [2.75, 3.05) is 24.5 Å². The van der Waals surface area contributed by atoms with Crippen LogP contribution in [-0.2, 0) is 7.05 Å². The van der Waals surface area contributed by atoms with E-state index in [4.69, 9.17) is 11.6 Å². The molecule has 0 radical (unpaired) electrons. The number of phenolic OH excluding ortho intramolecular Hbond substituents is 1. The lowest BCUT2D eigenvalue weighted by molar-refractivity contribution is 0.235. The van der Waals surface area contributed by atoms with Crippen molar-refractivity contribution >= 4 is 17.4 Å². The number of halogens is 2. The molecule has 2 aromatic carbocycles. The molecular formula is C27H25ClFN5O2. The number of hydrogen-bond acceptors (Lipinski definition) is 5. The Hall–Kier alpha value is -3.62. The Morgan fingerprint density at radius 2 is 1.83 bits per heavy atom. The predicted molar refractivity (Wildman–Crippen MR) is 138 cm³/mol. The highest BCUT2D eigenvalue weighted by Crippen LogP contribution is 2.41. The van der Waals surface area contributed by atoms with Gasteiger partial charge < -0.3 is 19.9 Å². The number of nitrogens with zero attached hydrogens (tertiary/aromatic N) is 4. The van der Waals surface area contributed by atoms with Crippen molar-refractivity contribution < 1.29 is 9.50 Å². The quantitative estimate of drug-likeness (QED) is 0.431. The van der Waals surface area contributed by atoms with Gasteiger partial charge in [0, 0.05) is 55.4 Å². The summed E-state index contributed by atoms with van der Waals surface area (Å²) >= 11 is 6.51. The van der Waals surface area contributed by atoms with Gasteiger partial charge >= 0.3 is 5.69 Å². The Kier molecular flexibility index (Phi) is 5.39. The summed E-state index contributed by atoms with van der Waals surface area (Å²) in [6.07, 6.45) is 7.20. The number of aromatic hydroxyl groups is 1. The van der Waals surface area contributed by atoms with Crippen LogP contribution in [0.25, 0.3) is 27.9 Å². The zero-order valence-corrected chi connectivity index (χ0v) is 20.5. The van der Waals surface area contributed by atoms with Crippen LogP contribution in [0.2, 0.25) is 5.02 Å². The van der Waals surface area contributed by atoms with E-state index in [0.717, 1.165) is 38.3 Å². The third-order valence-corrected chi connectivity index (χ3v) is 7.68. The van der Waals surface area contributed by atoms with Gasteiger partial charge in [0.2, 0.25) is 0 Å². The number of imidazole rings is 1. The number of aryl methyl sites for hydroxylation is 1. The second kappa shape index (κ2) is 8.50. The van der Waals surface area contributed by atoms with E-state index in [2.05, 4.69) is 15.2 Å². The van der Waals surface area contributed by atoms with E-state index in [-0.39, 0.29) is 17.0 Å². The topological polar surface area (TPSA) is 75.3 Å². The van der Waals surface area contributed by atoms with Crippen molar-refractivity contribution in [3.63, 3.8) is 0 Å². The summed E-state index contributed by atoms with van der Waals surface area (Å²) in [6, 6.07) is 11.3. The Balaban J connectivity index is 1.36. The van der Waals surface area contributed by atoms with Gasteiger partial charge in [0.25, 0.3) is 0 Å². The highest BCUT2D eigenvalue weighted by atomic mass is 35.5. The lowest BCUT2D eigenvalue weighted by atomic mass is 9.87. The molecule has 4 heterocycles. The molecule has 2 aliphatic heterocycles. The van der Waals surface area contributed by atoms with Crippen LogP contribution >= 0.6 is 11.6 Å². The van der Waals surface area contributed by atoms with E-state index in [1.165, 1.54) is 21.3 Å². The average molecular weight is 506 g/mol. The fraction of sp³-hybridized carbons (Fsp3) is 0.259. The molecule has 0 amide bonds. The molecule has 1 atom stereocenters. The average Bonchev–Trinajstić information content (AvgIpc) is 3.45. The van der Waals surface area contributed by atoms with E-state index in [9.17, 15) is 14.3 Å². The molecule has 0 aliphatic carbocycles. The molecule has 9 heteroatoms. The number of rotatable bonds is 4. The van der Waals surface area contributed by atoms with Crippen molar-refractivity contribution in [2.24, 2.45) is 7.05 Å². The Morgan fingerprint density at radius 3 is 2.44 bits per heavy atom. The molecule has 184 valence electrons. The summed E-state index contributed by atoms with van der Waals surface area (Å²) in [5.74, 6) is 0.284. The van der Waals surface area contributed by atoms with Gasteiger partial charge in [-0.15, -0.1) is 0 Å². The number of nitrogens with one attached hydrogen (secondary N) is 1. The van der Waals surface area contributed by atoms with Crippen LogP contribution in [0.15, 0.2) is 65.8 Å². The lowest BCUT2D eigenvalue weighted by Crippen LogP contribution is -2.58. The number of hydrogen-bond donors (Lipinski definition) is 2. The van der Waals surface area contributed by atoms with E-state index < -0.39 is 5.82 Å². The first kappa shape index (κ1) is 22.8.